The molecule has 0 spiro atoms. The highest BCUT2D eigenvalue weighted by atomic mass is 32.2. The number of carbonyl (C=O) groups excluding carboxylic acids is 2. The lowest BCUT2D eigenvalue weighted by atomic mass is 9.97. The van der Waals surface area contributed by atoms with Gasteiger partial charge in [-0.1, -0.05) is 11.6 Å². The summed E-state index contributed by atoms with van der Waals surface area (Å²) in [6, 6.07) is -0.823. The minimum atomic E-state index is -3.88. The molecule has 0 aromatic rings. The van der Waals surface area contributed by atoms with Gasteiger partial charge in [0, 0.05) is 12.3 Å². The van der Waals surface area contributed by atoms with Gasteiger partial charge >= 0.3 is 6.03 Å². The zero-order valence-corrected chi connectivity index (χ0v) is 12.7. The van der Waals surface area contributed by atoms with Crippen molar-refractivity contribution in [2.75, 3.05) is 6.54 Å². The number of sulfonamides is 1. The molecule has 0 aromatic carbocycles. The molecule has 0 saturated carbocycles. The zero-order valence-electron chi connectivity index (χ0n) is 11.9. The van der Waals surface area contributed by atoms with Crippen molar-refractivity contribution in [2.45, 2.75) is 44.3 Å². The summed E-state index contributed by atoms with van der Waals surface area (Å²) in [5.41, 5.74) is 1.24. The van der Waals surface area contributed by atoms with E-state index < -0.39 is 27.2 Å². The molecule has 1 atom stereocenters. The van der Waals surface area contributed by atoms with Crippen LogP contribution in [0.2, 0.25) is 0 Å². The molecule has 0 saturated heterocycles. The molecule has 1 unspecified atom stereocenters. The summed E-state index contributed by atoms with van der Waals surface area (Å²) >= 11 is 0. The van der Waals surface area contributed by atoms with E-state index >= 15 is 0 Å². The van der Waals surface area contributed by atoms with Crippen LogP contribution in [0.4, 0.5) is 4.79 Å². The Morgan fingerprint density at radius 1 is 1.38 bits per heavy atom. The molecule has 2 aliphatic rings. The van der Waals surface area contributed by atoms with E-state index in [-0.39, 0.29) is 12.3 Å². The van der Waals surface area contributed by atoms with Crippen LogP contribution in [-0.4, -0.2) is 37.9 Å². The lowest BCUT2D eigenvalue weighted by Crippen LogP contribution is -2.53. The van der Waals surface area contributed by atoms with Crippen molar-refractivity contribution in [3.05, 3.63) is 11.6 Å². The number of nitrogens with zero attached hydrogens (tertiary/aromatic N) is 1. The Morgan fingerprint density at radius 3 is 2.76 bits per heavy atom. The standard InChI is InChI=1S/C13H19N3O4S/c1-9-11(12(17)16-13(18)15-9)21(19,20)14-8-7-10-5-3-2-4-6-10/h5,11,14H,2-4,6-8H2,1H3,(H,16,17,18). The van der Waals surface area contributed by atoms with Gasteiger partial charge in [-0.05, 0) is 39.0 Å². The van der Waals surface area contributed by atoms with Crippen LogP contribution in [0, 0.1) is 0 Å². The predicted molar refractivity (Wildman–Crippen MR) is 78.5 cm³/mol. The van der Waals surface area contributed by atoms with Crippen LogP contribution in [0.25, 0.3) is 0 Å². The van der Waals surface area contributed by atoms with Crippen LogP contribution in [0.3, 0.4) is 0 Å². The van der Waals surface area contributed by atoms with Gasteiger partial charge in [0.05, 0.1) is 0 Å². The summed E-state index contributed by atoms with van der Waals surface area (Å²) < 4.78 is 26.8. The van der Waals surface area contributed by atoms with Crippen LogP contribution in [-0.2, 0) is 14.8 Å². The van der Waals surface area contributed by atoms with E-state index in [9.17, 15) is 18.0 Å². The number of urea groups is 1. The van der Waals surface area contributed by atoms with Gasteiger partial charge in [0.2, 0.25) is 10.0 Å². The minimum Gasteiger partial charge on any atom is -0.275 e. The highest BCUT2D eigenvalue weighted by Crippen LogP contribution is 2.19. The lowest BCUT2D eigenvalue weighted by molar-refractivity contribution is -0.118. The molecular formula is C13H19N3O4S. The van der Waals surface area contributed by atoms with Crippen LogP contribution in [0.5, 0.6) is 0 Å². The molecular weight excluding hydrogens is 294 g/mol. The first-order valence-electron chi connectivity index (χ1n) is 6.96. The van der Waals surface area contributed by atoms with E-state index in [1.807, 2.05) is 5.32 Å². The van der Waals surface area contributed by atoms with E-state index in [1.165, 1.54) is 18.9 Å². The Hall–Kier alpha value is -1.54. The second kappa shape index (κ2) is 6.48. The van der Waals surface area contributed by atoms with E-state index in [1.54, 1.807) is 0 Å². The zero-order chi connectivity index (χ0) is 15.5. The van der Waals surface area contributed by atoms with Crippen LogP contribution in [0.15, 0.2) is 16.6 Å². The molecule has 0 bridgehead atoms. The summed E-state index contributed by atoms with van der Waals surface area (Å²) in [6.45, 7) is 1.61. The maximum atomic E-state index is 12.2. The van der Waals surface area contributed by atoms with E-state index in [4.69, 9.17) is 0 Å². The topological polar surface area (TPSA) is 105 Å². The molecule has 2 rings (SSSR count). The fraction of sp³-hybridized carbons (Fsp3) is 0.615. The number of hydrogen-bond acceptors (Lipinski definition) is 4. The smallest absolute Gasteiger partial charge is 0.275 e. The fourth-order valence-corrected chi connectivity index (χ4v) is 3.94. The van der Waals surface area contributed by atoms with Gasteiger partial charge in [-0.25, -0.2) is 22.9 Å². The van der Waals surface area contributed by atoms with Gasteiger partial charge in [-0.2, -0.15) is 0 Å². The van der Waals surface area contributed by atoms with Crippen molar-refractivity contribution >= 4 is 27.7 Å². The summed E-state index contributed by atoms with van der Waals surface area (Å²) in [5.74, 6) is -0.850. The largest absolute Gasteiger partial charge is 0.347 e. The molecule has 3 amide bonds. The number of imide groups is 1. The molecule has 8 heteroatoms. The Morgan fingerprint density at radius 2 is 2.14 bits per heavy atom. The van der Waals surface area contributed by atoms with Crippen LogP contribution in [0.1, 0.15) is 39.0 Å². The second-order valence-corrected chi connectivity index (χ2v) is 7.08. The molecule has 0 aromatic heterocycles. The maximum Gasteiger partial charge on any atom is 0.347 e. The van der Waals surface area contributed by atoms with Crippen LogP contribution >= 0.6 is 0 Å². The number of hydrogen-bond donors (Lipinski definition) is 2. The van der Waals surface area contributed by atoms with Gasteiger partial charge < -0.3 is 0 Å². The molecule has 7 nitrogen and oxygen atoms in total. The number of aliphatic imine (C=N–C) groups is 1. The SMILES string of the molecule is CC1=NC(=O)NC(=O)C1S(=O)(=O)NCCC1=CCCCC1. The number of rotatable bonds is 5. The second-order valence-electron chi connectivity index (χ2n) is 5.23. The molecule has 21 heavy (non-hydrogen) atoms. The Balaban J connectivity index is 1.98. The molecule has 0 radical (unpaired) electrons. The van der Waals surface area contributed by atoms with Crippen molar-refractivity contribution in [3.63, 3.8) is 0 Å². The van der Waals surface area contributed by atoms with Gasteiger partial charge in [-0.3, -0.25) is 10.1 Å². The molecule has 1 heterocycles. The summed E-state index contributed by atoms with van der Waals surface area (Å²) in [4.78, 5) is 26.2. The van der Waals surface area contributed by atoms with Crippen LogP contribution < -0.4 is 10.0 Å². The van der Waals surface area contributed by atoms with E-state index in [0.717, 1.165) is 19.3 Å². The van der Waals surface area contributed by atoms with Crippen molar-refractivity contribution in [1.29, 1.82) is 0 Å². The fourth-order valence-electron chi connectivity index (χ4n) is 2.54. The lowest BCUT2D eigenvalue weighted by Gasteiger charge is -2.20. The number of amides is 3. The normalized spacial score (nSPS) is 23.4. The average Bonchev–Trinajstić information content (AvgIpc) is 2.38. The Kier molecular flexibility index (Phi) is 4.89. The van der Waals surface area contributed by atoms with E-state index in [2.05, 4.69) is 15.8 Å². The number of carbonyl (C=O) groups is 2. The highest BCUT2D eigenvalue weighted by Gasteiger charge is 2.38. The maximum absolute atomic E-state index is 12.2. The van der Waals surface area contributed by atoms with Crippen molar-refractivity contribution < 1.29 is 18.0 Å². The van der Waals surface area contributed by atoms with Crippen molar-refractivity contribution in [1.82, 2.24) is 10.0 Å². The molecule has 2 N–H and O–H groups in total. The van der Waals surface area contributed by atoms with Crippen molar-refractivity contribution in [2.24, 2.45) is 4.99 Å². The number of allylic oxidation sites excluding steroid dienone is 1. The molecule has 116 valence electrons. The first-order valence-corrected chi connectivity index (χ1v) is 8.51. The molecule has 1 aliphatic heterocycles. The average molecular weight is 313 g/mol. The first kappa shape index (κ1) is 15.8. The third-order valence-corrected chi connectivity index (χ3v) is 5.35. The molecule has 0 fully saturated rings. The van der Waals surface area contributed by atoms with Gasteiger partial charge in [-0.15, -0.1) is 0 Å². The highest BCUT2D eigenvalue weighted by molar-refractivity contribution is 7.91. The minimum absolute atomic E-state index is 0.00636. The summed E-state index contributed by atoms with van der Waals surface area (Å²) in [7, 11) is -3.88. The van der Waals surface area contributed by atoms with Gasteiger partial charge in [0.15, 0.2) is 5.25 Å². The van der Waals surface area contributed by atoms with Crippen molar-refractivity contribution in [3.8, 4) is 0 Å². The monoisotopic (exact) mass is 313 g/mol. The summed E-state index contributed by atoms with van der Waals surface area (Å²) in [6.07, 6.45) is 7.15. The third-order valence-electron chi connectivity index (χ3n) is 3.57. The Labute approximate surface area is 123 Å². The van der Waals surface area contributed by atoms with Gasteiger partial charge in [0.1, 0.15) is 0 Å². The first-order chi connectivity index (χ1) is 9.90. The van der Waals surface area contributed by atoms with E-state index in [0.29, 0.717) is 6.42 Å². The number of nitrogens with one attached hydrogen (secondary N) is 2. The summed E-state index contributed by atoms with van der Waals surface area (Å²) in [5, 5.41) is 0.475. The van der Waals surface area contributed by atoms with Gasteiger partial charge in [0.25, 0.3) is 5.91 Å². The Bertz CT molecular complexity index is 607. The third kappa shape index (κ3) is 3.98. The quantitative estimate of drug-likeness (QED) is 0.735. The molecule has 1 aliphatic carbocycles. The predicted octanol–water partition coefficient (Wildman–Crippen LogP) is 0.876.